The zero-order chi connectivity index (χ0) is 17.1. The molecule has 3 rings (SSSR count). The largest absolute Gasteiger partial charge is 0.497 e. The summed E-state index contributed by atoms with van der Waals surface area (Å²) in [7, 11) is 1.64. The molecule has 126 valence electrons. The summed E-state index contributed by atoms with van der Waals surface area (Å²) in [5, 5.41) is 1.26. The highest BCUT2D eigenvalue weighted by Crippen LogP contribution is 2.31. The Morgan fingerprint density at radius 2 is 1.79 bits per heavy atom. The van der Waals surface area contributed by atoms with Crippen molar-refractivity contribution in [1.29, 1.82) is 0 Å². The van der Waals surface area contributed by atoms with E-state index < -0.39 is 0 Å². The fourth-order valence-corrected chi connectivity index (χ4v) is 3.63. The number of methoxy groups -OCH3 is 1. The monoisotopic (exact) mass is 363 g/mol. The van der Waals surface area contributed by atoms with Gasteiger partial charge in [-0.3, -0.25) is 4.79 Å². The Morgan fingerprint density at radius 1 is 1.12 bits per heavy atom. The number of carbonyl (C=O) groups excluding carboxylic acids is 1. The molecule has 1 saturated heterocycles. The molecule has 0 spiro atoms. The van der Waals surface area contributed by atoms with Crippen molar-refractivity contribution >= 4 is 29.1 Å². The second kappa shape index (κ2) is 7.45. The number of carbonyl (C=O) groups is 1. The molecule has 1 heterocycles. The standard InChI is InChI=1S/C19H19Cl2NO2/c1-24-15-7-5-13(6-8-15)12-22-10-9-14(19(22)23)11-16-17(20)3-2-4-18(16)21/h2-8,14H,9-12H2,1H3. The third-order valence-corrected chi connectivity index (χ3v) is 5.16. The van der Waals surface area contributed by atoms with E-state index in [1.54, 1.807) is 7.11 Å². The van der Waals surface area contributed by atoms with Crippen molar-refractivity contribution < 1.29 is 9.53 Å². The maximum absolute atomic E-state index is 12.7. The Hall–Kier alpha value is -1.71. The zero-order valence-electron chi connectivity index (χ0n) is 13.5. The van der Waals surface area contributed by atoms with Gasteiger partial charge in [-0.15, -0.1) is 0 Å². The number of amides is 1. The van der Waals surface area contributed by atoms with E-state index in [0.717, 1.165) is 29.8 Å². The minimum atomic E-state index is -0.0550. The van der Waals surface area contributed by atoms with Gasteiger partial charge in [0.15, 0.2) is 0 Å². The number of nitrogens with zero attached hydrogens (tertiary/aromatic N) is 1. The highest BCUT2D eigenvalue weighted by Gasteiger charge is 2.32. The van der Waals surface area contributed by atoms with Crippen LogP contribution in [-0.2, 0) is 17.8 Å². The van der Waals surface area contributed by atoms with Gasteiger partial charge in [-0.25, -0.2) is 0 Å². The molecule has 0 aliphatic carbocycles. The lowest BCUT2D eigenvalue weighted by molar-refractivity contribution is -0.131. The summed E-state index contributed by atoms with van der Waals surface area (Å²) < 4.78 is 5.16. The van der Waals surface area contributed by atoms with Crippen LogP contribution in [0, 0.1) is 5.92 Å². The van der Waals surface area contributed by atoms with Crippen molar-refractivity contribution in [2.75, 3.05) is 13.7 Å². The number of halogens is 2. The quantitative estimate of drug-likeness (QED) is 0.777. The van der Waals surface area contributed by atoms with Gasteiger partial charge in [-0.05, 0) is 48.2 Å². The van der Waals surface area contributed by atoms with Crippen molar-refractivity contribution in [1.82, 2.24) is 4.90 Å². The molecule has 0 bridgehead atoms. The first-order valence-electron chi connectivity index (χ1n) is 7.93. The minimum Gasteiger partial charge on any atom is -0.497 e. The molecule has 0 aromatic heterocycles. The van der Waals surface area contributed by atoms with Crippen LogP contribution in [0.1, 0.15) is 17.5 Å². The van der Waals surface area contributed by atoms with Crippen LogP contribution in [-0.4, -0.2) is 24.5 Å². The third-order valence-electron chi connectivity index (χ3n) is 4.45. The topological polar surface area (TPSA) is 29.5 Å². The molecular weight excluding hydrogens is 345 g/mol. The Bertz CT molecular complexity index is 710. The molecule has 3 nitrogen and oxygen atoms in total. The lowest BCUT2D eigenvalue weighted by atomic mass is 9.98. The Labute approximate surface area is 152 Å². The summed E-state index contributed by atoms with van der Waals surface area (Å²) in [6.45, 7) is 1.38. The molecule has 24 heavy (non-hydrogen) atoms. The van der Waals surface area contributed by atoms with Gasteiger partial charge in [0, 0.05) is 29.1 Å². The van der Waals surface area contributed by atoms with Crippen LogP contribution >= 0.6 is 23.2 Å². The van der Waals surface area contributed by atoms with E-state index in [9.17, 15) is 4.79 Å². The van der Waals surface area contributed by atoms with Gasteiger partial charge in [0.05, 0.1) is 7.11 Å². The van der Waals surface area contributed by atoms with Crippen LogP contribution in [0.5, 0.6) is 5.75 Å². The Morgan fingerprint density at radius 3 is 2.42 bits per heavy atom. The average Bonchev–Trinajstić information content (AvgIpc) is 2.92. The molecule has 1 aliphatic heterocycles. The second-order valence-electron chi connectivity index (χ2n) is 6.00. The molecule has 2 aromatic carbocycles. The Balaban J connectivity index is 1.66. The van der Waals surface area contributed by atoms with Gasteiger partial charge in [0.2, 0.25) is 5.91 Å². The van der Waals surface area contributed by atoms with Gasteiger partial charge in [0.25, 0.3) is 0 Å². The average molecular weight is 364 g/mol. The second-order valence-corrected chi connectivity index (χ2v) is 6.81. The van der Waals surface area contributed by atoms with Crippen LogP contribution in [0.3, 0.4) is 0 Å². The predicted molar refractivity (Wildman–Crippen MR) is 96.7 cm³/mol. The van der Waals surface area contributed by atoms with Crippen molar-refractivity contribution in [3.63, 3.8) is 0 Å². The first-order valence-corrected chi connectivity index (χ1v) is 8.68. The SMILES string of the molecule is COc1ccc(CN2CCC(Cc3c(Cl)cccc3Cl)C2=O)cc1. The number of rotatable bonds is 5. The fourth-order valence-electron chi connectivity index (χ4n) is 3.07. The third kappa shape index (κ3) is 3.68. The van der Waals surface area contributed by atoms with Crippen molar-refractivity contribution in [3.8, 4) is 5.75 Å². The zero-order valence-corrected chi connectivity index (χ0v) is 15.0. The van der Waals surface area contributed by atoms with E-state index in [1.807, 2.05) is 47.4 Å². The predicted octanol–water partition coefficient (Wildman–Crippen LogP) is 4.59. The molecule has 1 amide bonds. The number of hydrogen-bond donors (Lipinski definition) is 0. The van der Waals surface area contributed by atoms with Crippen LogP contribution < -0.4 is 4.74 Å². The fraction of sp³-hybridized carbons (Fsp3) is 0.316. The van der Waals surface area contributed by atoms with E-state index in [1.165, 1.54) is 0 Å². The van der Waals surface area contributed by atoms with E-state index in [2.05, 4.69) is 0 Å². The summed E-state index contributed by atoms with van der Waals surface area (Å²) >= 11 is 12.5. The van der Waals surface area contributed by atoms with Crippen LogP contribution in [0.4, 0.5) is 0 Å². The molecular formula is C19H19Cl2NO2. The van der Waals surface area contributed by atoms with Gasteiger partial charge in [0.1, 0.15) is 5.75 Å². The van der Waals surface area contributed by atoms with Crippen LogP contribution in [0.15, 0.2) is 42.5 Å². The van der Waals surface area contributed by atoms with Crippen molar-refractivity contribution in [2.45, 2.75) is 19.4 Å². The molecule has 5 heteroatoms. The molecule has 0 N–H and O–H groups in total. The number of ether oxygens (including phenoxy) is 1. The lowest BCUT2D eigenvalue weighted by Crippen LogP contribution is -2.27. The molecule has 0 saturated carbocycles. The van der Waals surface area contributed by atoms with E-state index in [0.29, 0.717) is 23.0 Å². The highest BCUT2D eigenvalue weighted by molar-refractivity contribution is 6.36. The maximum Gasteiger partial charge on any atom is 0.226 e. The van der Waals surface area contributed by atoms with E-state index in [4.69, 9.17) is 27.9 Å². The van der Waals surface area contributed by atoms with Gasteiger partial charge >= 0.3 is 0 Å². The number of likely N-dealkylation sites (tertiary alicyclic amines) is 1. The first kappa shape index (κ1) is 17.1. The molecule has 1 unspecified atom stereocenters. The van der Waals surface area contributed by atoms with Gasteiger partial charge in [-0.2, -0.15) is 0 Å². The van der Waals surface area contributed by atoms with Gasteiger partial charge < -0.3 is 9.64 Å². The first-order chi connectivity index (χ1) is 11.6. The number of benzene rings is 2. The lowest BCUT2D eigenvalue weighted by Gasteiger charge is -2.17. The Kier molecular flexibility index (Phi) is 5.32. The molecule has 2 aromatic rings. The molecule has 1 aliphatic rings. The highest BCUT2D eigenvalue weighted by atomic mass is 35.5. The number of hydrogen-bond acceptors (Lipinski definition) is 2. The van der Waals surface area contributed by atoms with Crippen LogP contribution in [0.25, 0.3) is 0 Å². The van der Waals surface area contributed by atoms with E-state index >= 15 is 0 Å². The van der Waals surface area contributed by atoms with Gasteiger partial charge in [-0.1, -0.05) is 41.4 Å². The summed E-state index contributed by atoms with van der Waals surface area (Å²) in [5.41, 5.74) is 1.96. The smallest absolute Gasteiger partial charge is 0.226 e. The maximum atomic E-state index is 12.7. The van der Waals surface area contributed by atoms with Crippen molar-refractivity contribution in [2.24, 2.45) is 5.92 Å². The molecule has 1 fully saturated rings. The summed E-state index contributed by atoms with van der Waals surface area (Å²) in [4.78, 5) is 14.6. The summed E-state index contributed by atoms with van der Waals surface area (Å²) in [6, 6.07) is 13.3. The van der Waals surface area contributed by atoms with Crippen LogP contribution in [0.2, 0.25) is 10.0 Å². The van der Waals surface area contributed by atoms with E-state index in [-0.39, 0.29) is 11.8 Å². The minimum absolute atomic E-state index is 0.0550. The summed E-state index contributed by atoms with van der Waals surface area (Å²) in [6.07, 6.45) is 1.42. The summed E-state index contributed by atoms with van der Waals surface area (Å²) in [5.74, 6) is 0.931. The molecule has 1 atom stereocenters. The normalized spacial score (nSPS) is 17.4. The van der Waals surface area contributed by atoms with Crippen molar-refractivity contribution in [3.05, 3.63) is 63.6 Å². The molecule has 0 radical (unpaired) electrons.